The minimum Gasteiger partial charge on any atom is -0.294 e. The van der Waals surface area contributed by atoms with Crippen molar-refractivity contribution in [1.82, 2.24) is 9.97 Å². The minimum atomic E-state index is -0.104. The minimum absolute atomic E-state index is 0.104. The number of aromatic nitrogens is 2. The molecule has 0 spiro atoms. The van der Waals surface area contributed by atoms with Gasteiger partial charge in [-0.1, -0.05) is 23.2 Å². The van der Waals surface area contributed by atoms with Crippen LogP contribution in [0.15, 0.2) is 36.8 Å². The van der Waals surface area contributed by atoms with Gasteiger partial charge >= 0.3 is 0 Å². The van der Waals surface area contributed by atoms with E-state index < -0.39 is 0 Å². The summed E-state index contributed by atoms with van der Waals surface area (Å²) in [6, 6.07) is 4.80. The standard InChI is InChI=1S/C12H8Cl2N2O/c13-8-1-2-10(11(14)5-8)12(17)6-9-7-15-3-4-16-9/h1-5,7H,6H2. The Kier molecular flexibility index (Phi) is 3.71. The van der Waals surface area contributed by atoms with Crippen LogP contribution in [0, 0.1) is 0 Å². The van der Waals surface area contributed by atoms with Gasteiger partial charge in [-0.25, -0.2) is 0 Å². The molecule has 0 fully saturated rings. The van der Waals surface area contributed by atoms with Crippen molar-refractivity contribution in [3.8, 4) is 0 Å². The maximum absolute atomic E-state index is 12.0. The van der Waals surface area contributed by atoms with Crippen LogP contribution in [0.3, 0.4) is 0 Å². The second-order valence-corrected chi connectivity index (χ2v) is 4.26. The Morgan fingerprint density at radius 3 is 2.71 bits per heavy atom. The first kappa shape index (κ1) is 12.0. The van der Waals surface area contributed by atoms with Gasteiger partial charge in [0.25, 0.3) is 0 Å². The molecular weight excluding hydrogens is 259 g/mol. The number of hydrogen-bond donors (Lipinski definition) is 0. The second kappa shape index (κ2) is 5.25. The van der Waals surface area contributed by atoms with E-state index in [1.807, 2.05) is 0 Å². The molecule has 3 nitrogen and oxygen atoms in total. The number of nitrogens with zero attached hydrogens (tertiary/aromatic N) is 2. The molecule has 0 amide bonds. The Hall–Kier alpha value is -1.45. The summed E-state index contributed by atoms with van der Waals surface area (Å²) < 4.78 is 0. The lowest BCUT2D eigenvalue weighted by atomic mass is 10.1. The lowest BCUT2D eigenvalue weighted by Crippen LogP contribution is -2.05. The van der Waals surface area contributed by atoms with E-state index in [-0.39, 0.29) is 12.2 Å². The number of rotatable bonds is 3. The lowest BCUT2D eigenvalue weighted by molar-refractivity contribution is 0.0992. The average molecular weight is 267 g/mol. The van der Waals surface area contributed by atoms with Crippen LogP contribution < -0.4 is 0 Å². The Morgan fingerprint density at radius 2 is 2.06 bits per heavy atom. The molecule has 0 unspecified atom stereocenters. The zero-order valence-corrected chi connectivity index (χ0v) is 10.2. The number of Topliss-reactive ketones (excluding diaryl/α,β-unsaturated/α-hetero) is 1. The molecule has 2 rings (SSSR count). The molecule has 0 aliphatic carbocycles. The molecule has 0 saturated heterocycles. The number of hydrogen-bond acceptors (Lipinski definition) is 3. The third-order valence-corrected chi connectivity index (χ3v) is 2.74. The van der Waals surface area contributed by atoms with Gasteiger partial charge in [-0.2, -0.15) is 0 Å². The van der Waals surface area contributed by atoms with Gasteiger partial charge in [0, 0.05) is 29.2 Å². The molecule has 1 heterocycles. The van der Waals surface area contributed by atoms with Gasteiger partial charge in [-0.3, -0.25) is 14.8 Å². The lowest BCUT2D eigenvalue weighted by Gasteiger charge is -2.03. The van der Waals surface area contributed by atoms with Crippen molar-refractivity contribution in [2.45, 2.75) is 6.42 Å². The smallest absolute Gasteiger partial charge is 0.170 e. The van der Waals surface area contributed by atoms with Gasteiger partial charge in [0.2, 0.25) is 0 Å². The van der Waals surface area contributed by atoms with Gasteiger partial charge < -0.3 is 0 Å². The number of ketones is 1. The van der Waals surface area contributed by atoms with E-state index in [9.17, 15) is 4.79 Å². The monoisotopic (exact) mass is 266 g/mol. The predicted octanol–water partition coefficient (Wildman–Crippen LogP) is 3.21. The highest BCUT2D eigenvalue weighted by Gasteiger charge is 2.12. The van der Waals surface area contributed by atoms with Crippen LogP contribution >= 0.6 is 23.2 Å². The fraction of sp³-hybridized carbons (Fsp3) is 0.0833. The van der Waals surface area contributed by atoms with Gasteiger partial charge in [-0.15, -0.1) is 0 Å². The molecule has 0 aliphatic rings. The predicted molar refractivity (Wildman–Crippen MR) is 66.5 cm³/mol. The van der Waals surface area contributed by atoms with Crippen LogP contribution in [0.5, 0.6) is 0 Å². The van der Waals surface area contributed by atoms with Crippen molar-refractivity contribution in [3.05, 3.63) is 58.1 Å². The highest BCUT2D eigenvalue weighted by atomic mass is 35.5. The summed E-state index contributed by atoms with van der Waals surface area (Å²) in [5.41, 5.74) is 1.06. The molecule has 17 heavy (non-hydrogen) atoms. The maximum Gasteiger partial charge on any atom is 0.170 e. The third-order valence-electron chi connectivity index (χ3n) is 2.19. The summed E-state index contributed by atoms with van der Waals surface area (Å²) in [7, 11) is 0. The number of halogens is 2. The first-order valence-corrected chi connectivity index (χ1v) is 5.65. The van der Waals surface area contributed by atoms with E-state index in [1.165, 1.54) is 0 Å². The molecule has 1 aromatic heterocycles. The molecule has 0 bridgehead atoms. The normalized spacial score (nSPS) is 10.2. The topological polar surface area (TPSA) is 42.9 Å². The number of carbonyl (C=O) groups is 1. The van der Waals surface area contributed by atoms with E-state index >= 15 is 0 Å². The summed E-state index contributed by atoms with van der Waals surface area (Å²) in [6.07, 6.45) is 4.84. The van der Waals surface area contributed by atoms with Crippen LogP contribution in [0.1, 0.15) is 16.1 Å². The summed E-state index contributed by atoms with van der Waals surface area (Å²) in [4.78, 5) is 19.9. The molecule has 1 aromatic carbocycles. The zero-order chi connectivity index (χ0) is 12.3. The van der Waals surface area contributed by atoms with E-state index in [0.717, 1.165) is 0 Å². The zero-order valence-electron chi connectivity index (χ0n) is 8.73. The van der Waals surface area contributed by atoms with Gasteiger partial charge in [0.05, 0.1) is 17.1 Å². The Balaban J connectivity index is 2.21. The van der Waals surface area contributed by atoms with Crippen LogP contribution in [-0.2, 0) is 6.42 Å². The summed E-state index contributed by atoms with van der Waals surface area (Å²) >= 11 is 11.7. The van der Waals surface area contributed by atoms with Gasteiger partial charge in [-0.05, 0) is 18.2 Å². The first-order chi connectivity index (χ1) is 8.16. The van der Waals surface area contributed by atoms with Crippen molar-refractivity contribution in [1.29, 1.82) is 0 Å². The molecule has 0 aliphatic heterocycles. The summed E-state index contributed by atoms with van der Waals surface area (Å²) in [5, 5.41) is 0.859. The highest BCUT2D eigenvalue weighted by Crippen LogP contribution is 2.22. The molecular formula is C12H8Cl2N2O. The number of carbonyl (C=O) groups excluding carboxylic acids is 1. The van der Waals surface area contributed by atoms with Crippen molar-refractivity contribution < 1.29 is 4.79 Å². The summed E-state index contributed by atoms with van der Waals surface area (Å²) in [6.45, 7) is 0. The van der Waals surface area contributed by atoms with Crippen molar-refractivity contribution in [3.63, 3.8) is 0 Å². The van der Waals surface area contributed by atoms with Crippen molar-refractivity contribution in [2.75, 3.05) is 0 Å². The molecule has 0 saturated carbocycles. The van der Waals surface area contributed by atoms with Crippen LogP contribution in [0.4, 0.5) is 0 Å². The van der Waals surface area contributed by atoms with E-state index in [1.54, 1.807) is 36.8 Å². The van der Waals surface area contributed by atoms with E-state index in [2.05, 4.69) is 9.97 Å². The highest BCUT2D eigenvalue weighted by molar-refractivity contribution is 6.36. The first-order valence-electron chi connectivity index (χ1n) is 4.90. The van der Waals surface area contributed by atoms with Crippen molar-refractivity contribution in [2.24, 2.45) is 0 Å². The quantitative estimate of drug-likeness (QED) is 0.802. The largest absolute Gasteiger partial charge is 0.294 e. The van der Waals surface area contributed by atoms with Gasteiger partial charge in [0.1, 0.15) is 0 Å². The second-order valence-electron chi connectivity index (χ2n) is 3.42. The van der Waals surface area contributed by atoms with Crippen LogP contribution in [0.2, 0.25) is 10.0 Å². The summed E-state index contributed by atoms with van der Waals surface area (Å²) in [5.74, 6) is -0.104. The Labute approximate surface area is 108 Å². The average Bonchev–Trinajstić information content (AvgIpc) is 2.30. The molecule has 2 aromatic rings. The number of benzene rings is 1. The molecule has 5 heteroatoms. The fourth-order valence-corrected chi connectivity index (χ4v) is 1.91. The van der Waals surface area contributed by atoms with Gasteiger partial charge in [0.15, 0.2) is 5.78 Å². The van der Waals surface area contributed by atoms with Crippen molar-refractivity contribution >= 4 is 29.0 Å². The maximum atomic E-state index is 12.0. The molecule has 0 radical (unpaired) electrons. The molecule has 86 valence electrons. The Bertz CT molecular complexity index is 543. The fourth-order valence-electron chi connectivity index (χ4n) is 1.40. The third kappa shape index (κ3) is 3.02. The molecule has 0 N–H and O–H groups in total. The van der Waals surface area contributed by atoms with Crippen LogP contribution in [0.25, 0.3) is 0 Å². The van der Waals surface area contributed by atoms with Crippen LogP contribution in [-0.4, -0.2) is 15.8 Å². The SMILES string of the molecule is O=C(Cc1cnccn1)c1ccc(Cl)cc1Cl. The Morgan fingerprint density at radius 1 is 1.24 bits per heavy atom. The van der Waals surface area contributed by atoms with E-state index in [0.29, 0.717) is 21.3 Å². The van der Waals surface area contributed by atoms with E-state index in [4.69, 9.17) is 23.2 Å². The molecule has 0 atom stereocenters.